The second-order valence-electron chi connectivity index (χ2n) is 16.7. The van der Waals surface area contributed by atoms with Gasteiger partial charge in [0.25, 0.3) is 0 Å². The van der Waals surface area contributed by atoms with Crippen LogP contribution in [0.25, 0.3) is 5.57 Å². The molecule has 2 heterocycles. The lowest BCUT2D eigenvalue weighted by molar-refractivity contribution is -0.0737. The number of phenols is 1. The zero-order chi connectivity index (χ0) is 33.6. The van der Waals surface area contributed by atoms with Crippen LogP contribution in [0.2, 0.25) is 0 Å². The van der Waals surface area contributed by atoms with Gasteiger partial charge in [0.15, 0.2) is 0 Å². The molecule has 49 heavy (non-hydrogen) atoms. The highest BCUT2D eigenvalue weighted by molar-refractivity contribution is 5.94. The van der Waals surface area contributed by atoms with Crippen LogP contribution >= 0.6 is 0 Å². The number of fused-ring (bicyclic) bond motifs is 9. The van der Waals surface area contributed by atoms with Crippen molar-refractivity contribution < 1.29 is 14.6 Å². The molecule has 4 nitrogen and oxygen atoms in total. The van der Waals surface area contributed by atoms with Crippen LogP contribution in [0.5, 0.6) is 5.75 Å². The van der Waals surface area contributed by atoms with Crippen molar-refractivity contribution in [2.75, 3.05) is 31.2 Å². The maximum Gasteiger partial charge on any atom is 0.137 e. The monoisotopic (exact) mass is 649 g/mol. The molecule has 1 N–H and O–H groups in total. The van der Waals surface area contributed by atoms with E-state index in [9.17, 15) is 5.11 Å². The predicted octanol–water partition coefficient (Wildman–Crippen LogP) is 9.72. The van der Waals surface area contributed by atoms with Gasteiger partial charge in [0.1, 0.15) is 11.4 Å². The number of phenolic OH excluding ortho intramolecular Hbond substituents is 1. The van der Waals surface area contributed by atoms with E-state index in [0.29, 0.717) is 5.75 Å². The zero-order valence-electron chi connectivity index (χ0n) is 29.2. The number of morpholine rings is 1. The highest BCUT2D eigenvalue weighted by Crippen LogP contribution is 2.68. The highest BCUT2D eigenvalue weighted by Gasteiger charge is 2.59. The number of hydrogen-bond donors (Lipinski definition) is 1. The Bertz CT molecular complexity index is 1970. The average molecular weight is 650 g/mol. The molecule has 0 bridgehead atoms. The number of ether oxygens (including phenoxy) is 2. The average Bonchev–Trinajstić information content (AvgIpc) is 3.36. The Morgan fingerprint density at radius 3 is 2.12 bits per heavy atom. The normalized spacial score (nSPS) is 27.3. The molecule has 3 unspecified atom stereocenters. The molecule has 1 saturated carbocycles. The fourth-order valence-electron chi connectivity index (χ4n) is 11.0. The molecule has 0 radical (unpaired) electrons. The van der Waals surface area contributed by atoms with E-state index in [0.717, 1.165) is 61.4 Å². The summed E-state index contributed by atoms with van der Waals surface area (Å²) in [5, 5.41) is 11.0. The van der Waals surface area contributed by atoms with Crippen molar-refractivity contribution in [2.45, 2.75) is 64.1 Å². The van der Waals surface area contributed by atoms with E-state index in [1.165, 1.54) is 34.4 Å². The zero-order valence-corrected chi connectivity index (χ0v) is 29.2. The molecule has 3 atom stereocenters. The second-order valence-corrected chi connectivity index (χ2v) is 16.7. The molecular weight excluding hydrogens is 602 g/mol. The Morgan fingerprint density at radius 2 is 1.39 bits per heavy atom. The van der Waals surface area contributed by atoms with Crippen LogP contribution in [0.1, 0.15) is 86.4 Å². The van der Waals surface area contributed by atoms with Crippen LogP contribution in [0.3, 0.4) is 0 Å². The van der Waals surface area contributed by atoms with Crippen LogP contribution < -0.4 is 4.90 Å². The van der Waals surface area contributed by atoms with Crippen molar-refractivity contribution >= 4 is 11.3 Å². The van der Waals surface area contributed by atoms with Crippen molar-refractivity contribution in [1.82, 2.24) is 0 Å². The van der Waals surface area contributed by atoms with Gasteiger partial charge in [-0.25, -0.2) is 0 Å². The number of rotatable bonds is 3. The molecule has 2 fully saturated rings. The number of benzene rings is 4. The van der Waals surface area contributed by atoms with E-state index in [1.54, 1.807) is 0 Å². The van der Waals surface area contributed by atoms with Crippen LogP contribution in [0.4, 0.5) is 5.69 Å². The Kier molecular flexibility index (Phi) is 6.90. The molecule has 4 aromatic carbocycles. The maximum atomic E-state index is 11.0. The van der Waals surface area contributed by atoms with E-state index >= 15 is 0 Å². The lowest BCUT2D eigenvalue weighted by Crippen LogP contribution is -2.47. The van der Waals surface area contributed by atoms with Gasteiger partial charge in [-0.1, -0.05) is 107 Å². The number of nitrogens with zero attached hydrogens (tertiary/aromatic N) is 1. The van der Waals surface area contributed by atoms with Crippen LogP contribution in [0.15, 0.2) is 115 Å². The first-order chi connectivity index (χ1) is 23.6. The van der Waals surface area contributed by atoms with Gasteiger partial charge in [0, 0.05) is 30.1 Å². The second kappa shape index (κ2) is 10.9. The summed E-state index contributed by atoms with van der Waals surface area (Å²) in [6, 6.07) is 34.8. The maximum absolute atomic E-state index is 11.0. The summed E-state index contributed by atoms with van der Waals surface area (Å²) >= 11 is 0. The Hall–Kier alpha value is -4.12. The summed E-state index contributed by atoms with van der Waals surface area (Å²) < 4.78 is 13.3. The Morgan fingerprint density at radius 1 is 0.714 bits per heavy atom. The molecule has 2 aliphatic heterocycles. The van der Waals surface area contributed by atoms with Gasteiger partial charge in [-0.3, -0.25) is 0 Å². The lowest BCUT2D eigenvalue weighted by Gasteiger charge is -2.55. The molecule has 0 amide bonds. The third-order valence-corrected chi connectivity index (χ3v) is 12.0. The van der Waals surface area contributed by atoms with Crippen molar-refractivity contribution in [1.29, 1.82) is 0 Å². The molecule has 0 aromatic heterocycles. The summed E-state index contributed by atoms with van der Waals surface area (Å²) in [6.45, 7) is 13.2. The smallest absolute Gasteiger partial charge is 0.137 e. The third-order valence-electron chi connectivity index (χ3n) is 12.0. The van der Waals surface area contributed by atoms with E-state index in [-0.39, 0.29) is 28.3 Å². The molecular formula is C45H47NO3. The van der Waals surface area contributed by atoms with Gasteiger partial charge < -0.3 is 19.5 Å². The summed E-state index contributed by atoms with van der Waals surface area (Å²) in [6.07, 6.45) is 8.01. The van der Waals surface area contributed by atoms with Crippen molar-refractivity contribution in [3.8, 4) is 5.75 Å². The van der Waals surface area contributed by atoms with E-state index in [4.69, 9.17) is 9.47 Å². The van der Waals surface area contributed by atoms with E-state index in [1.807, 2.05) is 12.1 Å². The largest absolute Gasteiger partial charge is 0.508 e. The SMILES string of the molecule is CC1(C)CC(C)(C)CC2(C1)C1=C(c3cc(O)ccc3C3OC(c4ccccc4)(c4ccc(N5CCOCC5)cc4)C=CC13)c1ccccc12. The molecule has 250 valence electrons. The van der Waals surface area contributed by atoms with Crippen LogP contribution in [0, 0.1) is 16.7 Å². The van der Waals surface area contributed by atoms with E-state index < -0.39 is 5.60 Å². The number of anilines is 1. The molecule has 1 spiro atoms. The lowest BCUT2D eigenvalue weighted by atomic mass is 9.50. The van der Waals surface area contributed by atoms with Crippen molar-refractivity contribution in [3.05, 3.63) is 148 Å². The first kappa shape index (κ1) is 30.9. The molecule has 4 aromatic rings. The van der Waals surface area contributed by atoms with Gasteiger partial charge in [-0.2, -0.15) is 0 Å². The fourth-order valence-corrected chi connectivity index (χ4v) is 11.0. The summed E-state index contributed by atoms with van der Waals surface area (Å²) in [5.74, 6) is 0.361. The minimum atomic E-state index is -0.775. The minimum absolute atomic E-state index is 0.0635. The van der Waals surface area contributed by atoms with Gasteiger partial charge in [0.05, 0.1) is 19.3 Å². The minimum Gasteiger partial charge on any atom is -0.508 e. The summed E-state index contributed by atoms with van der Waals surface area (Å²) in [7, 11) is 0. The quantitative estimate of drug-likeness (QED) is 0.225. The summed E-state index contributed by atoms with van der Waals surface area (Å²) in [5.41, 5.74) is 10.7. The first-order valence-corrected chi connectivity index (χ1v) is 18.1. The molecule has 9 rings (SSSR count). The molecule has 1 saturated heterocycles. The van der Waals surface area contributed by atoms with Crippen LogP contribution in [-0.4, -0.2) is 31.4 Å². The van der Waals surface area contributed by atoms with Crippen LogP contribution in [-0.2, 0) is 20.5 Å². The molecule has 4 heteroatoms. The topological polar surface area (TPSA) is 41.9 Å². The Labute approximate surface area is 291 Å². The van der Waals surface area contributed by atoms with Gasteiger partial charge >= 0.3 is 0 Å². The summed E-state index contributed by atoms with van der Waals surface area (Å²) in [4.78, 5) is 2.40. The molecule has 3 aliphatic carbocycles. The van der Waals surface area contributed by atoms with Gasteiger partial charge in [-0.05, 0) is 105 Å². The van der Waals surface area contributed by atoms with Crippen molar-refractivity contribution in [2.24, 2.45) is 16.7 Å². The number of hydrogen-bond acceptors (Lipinski definition) is 4. The number of aromatic hydroxyl groups is 1. The Balaban J connectivity index is 1.26. The standard InChI is InChI=1S/C45H47NO3/c1-42(2)27-43(3,4)29-44(28-42)38-13-9-8-12-35(38)39-37-26-33(47)18-19-34(37)41-36(40(39)44)20-21-45(49-41,30-10-6-5-7-11-30)31-14-16-32(17-15-31)46-22-24-48-25-23-46/h5-21,26,36,41,47H,22-25,27-29H2,1-4H3. The first-order valence-electron chi connectivity index (χ1n) is 18.1. The van der Waals surface area contributed by atoms with E-state index in [2.05, 4.69) is 130 Å². The molecule has 5 aliphatic rings. The van der Waals surface area contributed by atoms with Gasteiger partial charge in [-0.15, -0.1) is 0 Å². The van der Waals surface area contributed by atoms with Crippen molar-refractivity contribution in [3.63, 3.8) is 0 Å². The fraction of sp³-hybridized carbons (Fsp3) is 0.378. The van der Waals surface area contributed by atoms with Gasteiger partial charge in [0.2, 0.25) is 0 Å². The predicted molar refractivity (Wildman–Crippen MR) is 197 cm³/mol. The third kappa shape index (κ3) is 4.78. The highest BCUT2D eigenvalue weighted by atomic mass is 16.5.